The minimum absolute atomic E-state index is 0.0136. The highest BCUT2D eigenvalue weighted by atomic mass is 16.4. The van der Waals surface area contributed by atoms with Crippen molar-refractivity contribution in [3.8, 4) is 11.3 Å². The van der Waals surface area contributed by atoms with Gasteiger partial charge in [-0.3, -0.25) is 19.5 Å². The Bertz CT molecular complexity index is 1690. The second-order valence-corrected chi connectivity index (χ2v) is 12.2. The van der Waals surface area contributed by atoms with Gasteiger partial charge in [0.1, 0.15) is 0 Å². The summed E-state index contributed by atoms with van der Waals surface area (Å²) in [7, 11) is 0. The maximum Gasteiger partial charge on any atom is 0.337 e. The zero-order valence-electron chi connectivity index (χ0n) is 25.6. The summed E-state index contributed by atoms with van der Waals surface area (Å²) in [6.07, 6.45) is 8.61. The molecule has 3 heterocycles. The van der Waals surface area contributed by atoms with Crippen LogP contribution in [0, 0.1) is 5.92 Å². The average molecular weight is 606 g/mol. The van der Waals surface area contributed by atoms with Crippen LogP contribution in [0.1, 0.15) is 75.7 Å². The van der Waals surface area contributed by atoms with Crippen molar-refractivity contribution in [1.82, 2.24) is 25.1 Å². The van der Waals surface area contributed by atoms with E-state index < -0.39 is 5.97 Å². The number of hydrogen-bond donors (Lipinski definition) is 2. The number of aromatic carboxylic acids is 1. The van der Waals surface area contributed by atoms with Crippen LogP contribution in [0.15, 0.2) is 73.1 Å². The van der Waals surface area contributed by atoms with Crippen LogP contribution in [0.3, 0.4) is 0 Å². The van der Waals surface area contributed by atoms with Crippen LogP contribution in [0.2, 0.25) is 0 Å². The molecule has 9 heteroatoms. The molecule has 0 spiro atoms. The number of carboxylic acid groups (broad SMARTS) is 1. The number of nitrogens with zero attached hydrogens (tertiary/aromatic N) is 4. The van der Waals surface area contributed by atoms with Gasteiger partial charge in [-0.25, -0.2) is 9.78 Å². The summed E-state index contributed by atoms with van der Waals surface area (Å²) in [6, 6.07) is 19.3. The maximum absolute atomic E-state index is 14.3. The SMILES string of the molecule is C[C@H](NC(=O)c1c(CN2CCN(C(=O)c3cncc(C(=O)O)c3)CC2)c(-c2ccccc2)nc2ccccc12)C1CCCCC1. The van der Waals surface area contributed by atoms with Crippen molar-refractivity contribution in [3.05, 3.63) is 95.3 Å². The summed E-state index contributed by atoms with van der Waals surface area (Å²) in [5, 5.41) is 13.5. The first-order valence-electron chi connectivity index (χ1n) is 15.9. The highest BCUT2D eigenvalue weighted by molar-refractivity contribution is 6.09. The van der Waals surface area contributed by atoms with E-state index >= 15 is 0 Å². The van der Waals surface area contributed by atoms with Crippen LogP contribution in [0.4, 0.5) is 0 Å². The molecule has 6 rings (SSSR count). The van der Waals surface area contributed by atoms with E-state index in [2.05, 4.69) is 22.1 Å². The number of amides is 2. The normalized spacial score (nSPS) is 16.8. The minimum Gasteiger partial charge on any atom is -0.478 e. The van der Waals surface area contributed by atoms with Crippen molar-refractivity contribution in [2.24, 2.45) is 5.92 Å². The molecular weight excluding hydrogens is 566 g/mol. The van der Waals surface area contributed by atoms with E-state index in [1.54, 1.807) is 4.90 Å². The molecule has 0 unspecified atom stereocenters. The number of nitrogens with one attached hydrogen (secondary N) is 1. The standard InChI is InChI=1S/C36H39N5O4/c1-24(25-10-4-2-5-11-25)38-34(42)32-29-14-8-9-15-31(29)39-33(26-12-6-3-7-13-26)30(32)23-40-16-18-41(19-17-40)35(43)27-20-28(36(44)45)22-37-21-27/h3,6-9,12-15,20-22,24-25H,2,4-5,10-11,16-19,23H2,1H3,(H,38,42)(H,44,45)/t24-/m0/s1. The number of aromatic nitrogens is 2. The fourth-order valence-corrected chi connectivity index (χ4v) is 6.72. The van der Waals surface area contributed by atoms with Gasteiger partial charge in [0, 0.05) is 67.7 Å². The van der Waals surface area contributed by atoms with Gasteiger partial charge < -0.3 is 15.3 Å². The number of para-hydroxylation sites is 1. The molecule has 1 saturated carbocycles. The van der Waals surface area contributed by atoms with Crippen molar-refractivity contribution >= 4 is 28.7 Å². The fraction of sp³-hybridized carbons (Fsp3) is 0.361. The third-order valence-corrected chi connectivity index (χ3v) is 9.26. The van der Waals surface area contributed by atoms with Crippen molar-refractivity contribution in [2.45, 2.75) is 51.6 Å². The Kier molecular flexibility index (Phi) is 9.16. The van der Waals surface area contributed by atoms with Gasteiger partial charge in [0.05, 0.1) is 27.9 Å². The third kappa shape index (κ3) is 6.73. The number of carboxylic acids is 1. The molecule has 1 atom stereocenters. The van der Waals surface area contributed by atoms with E-state index in [4.69, 9.17) is 4.98 Å². The van der Waals surface area contributed by atoms with Crippen molar-refractivity contribution in [2.75, 3.05) is 26.2 Å². The maximum atomic E-state index is 14.3. The van der Waals surface area contributed by atoms with Crippen molar-refractivity contribution < 1.29 is 19.5 Å². The number of carbonyl (C=O) groups is 3. The van der Waals surface area contributed by atoms with Gasteiger partial charge in [0.2, 0.25) is 0 Å². The Labute approximate surface area is 263 Å². The first kappa shape index (κ1) is 30.4. The molecule has 2 aromatic carbocycles. The lowest BCUT2D eigenvalue weighted by atomic mass is 9.84. The number of pyridine rings is 2. The van der Waals surface area contributed by atoms with E-state index in [0.29, 0.717) is 44.2 Å². The third-order valence-electron chi connectivity index (χ3n) is 9.26. The fourth-order valence-electron chi connectivity index (χ4n) is 6.72. The molecule has 4 aromatic rings. The zero-order chi connectivity index (χ0) is 31.3. The van der Waals surface area contributed by atoms with E-state index in [1.165, 1.54) is 37.7 Å². The second-order valence-electron chi connectivity index (χ2n) is 12.2. The molecule has 0 radical (unpaired) electrons. The smallest absolute Gasteiger partial charge is 0.337 e. The Morgan fingerprint density at radius 1 is 0.911 bits per heavy atom. The lowest BCUT2D eigenvalue weighted by Crippen LogP contribution is -2.48. The van der Waals surface area contributed by atoms with Gasteiger partial charge in [-0.15, -0.1) is 0 Å². The molecule has 2 aromatic heterocycles. The molecule has 1 saturated heterocycles. The molecule has 2 N–H and O–H groups in total. The first-order valence-corrected chi connectivity index (χ1v) is 15.9. The van der Waals surface area contributed by atoms with Crippen LogP contribution >= 0.6 is 0 Å². The molecule has 2 amide bonds. The predicted molar refractivity (Wildman–Crippen MR) is 173 cm³/mol. The van der Waals surface area contributed by atoms with Crippen LogP contribution < -0.4 is 5.32 Å². The first-order chi connectivity index (χ1) is 21.9. The van der Waals surface area contributed by atoms with Crippen LogP contribution in [0.25, 0.3) is 22.2 Å². The summed E-state index contributed by atoms with van der Waals surface area (Å²) in [6.45, 7) is 4.76. The van der Waals surface area contributed by atoms with E-state index in [0.717, 1.165) is 40.6 Å². The Morgan fingerprint density at radius 2 is 1.60 bits per heavy atom. The summed E-state index contributed by atoms with van der Waals surface area (Å²) < 4.78 is 0. The number of benzene rings is 2. The van der Waals surface area contributed by atoms with Gasteiger partial charge in [0.15, 0.2) is 0 Å². The Morgan fingerprint density at radius 3 is 2.33 bits per heavy atom. The predicted octanol–water partition coefficient (Wildman–Crippen LogP) is 5.65. The van der Waals surface area contributed by atoms with Gasteiger partial charge in [-0.1, -0.05) is 67.8 Å². The molecule has 9 nitrogen and oxygen atoms in total. The summed E-state index contributed by atoms with van der Waals surface area (Å²) in [5.74, 6) is -0.948. The van der Waals surface area contributed by atoms with E-state index in [9.17, 15) is 19.5 Å². The molecule has 2 fully saturated rings. The van der Waals surface area contributed by atoms with Crippen molar-refractivity contribution in [3.63, 3.8) is 0 Å². The van der Waals surface area contributed by atoms with Crippen LogP contribution in [-0.2, 0) is 6.54 Å². The Hall–Kier alpha value is -4.63. The second kappa shape index (κ2) is 13.6. The minimum atomic E-state index is -1.12. The van der Waals surface area contributed by atoms with Gasteiger partial charge in [-0.05, 0) is 37.8 Å². The summed E-state index contributed by atoms with van der Waals surface area (Å²) >= 11 is 0. The molecular formula is C36H39N5O4. The van der Waals surface area contributed by atoms with Gasteiger partial charge >= 0.3 is 5.97 Å². The number of hydrogen-bond acceptors (Lipinski definition) is 6. The summed E-state index contributed by atoms with van der Waals surface area (Å²) in [4.78, 5) is 51.9. The number of piperazine rings is 1. The molecule has 232 valence electrons. The topological polar surface area (TPSA) is 116 Å². The number of rotatable bonds is 8. The molecule has 2 aliphatic rings. The average Bonchev–Trinajstić information content (AvgIpc) is 3.08. The zero-order valence-corrected chi connectivity index (χ0v) is 25.6. The van der Waals surface area contributed by atoms with Gasteiger partial charge in [0.25, 0.3) is 11.8 Å². The highest BCUT2D eigenvalue weighted by Crippen LogP contribution is 2.33. The van der Waals surface area contributed by atoms with Gasteiger partial charge in [-0.2, -0.15) is 0 Å². The molecule has 45 heavy (non-hydrogen) atoms. The molecule has 0 bridgehead atoms. The van der Waals surface area contributed by atoms with E-state index in [1.807, 2.05) is 54.6 Å². The number of carbonyl (C=O) groups excluding carboxylic acids is 2. The quantitative estimate of drug-likeness (QED) is 0.267. The highest BCUT2D eigenvalue weighted by Gasteiger charge is 2.29. The number of fused-ring (bicyclic) bond motifs is 1. The molecule has 1 aliphatic heterocycles. The Balaban J connectivity index is 1.30. The van der Waals surface area contributed by atoms with Crippen LogP contribution in [0.5, 0.6) is 0 Å². The monoisotopic (exact) mass is 605 g/mol. The lowest BCUT2D eigenvalue weighted by Gasteiger charge is -2.35. The van der Waals surface area contributed by atoms with E-state index in [-0.39, 0.29) is 29.0 Å². The van der Waals surface area contributed by atoms with Crippen molar-refractivity contribution in [1.29, 1.82) is 0 Å². The molecule has 1 aliphatic carbocycles. The largest absolute Gasteiger partial charge is 0.478 e. The summed E-state index contributed by atoms with van der Waals surface area (Å²) in [5.41, 5.74) is 4.32. The van der Waals surface area contributed by atoms with Crippen LogP contribution in [-0.4, -0.2) is 74.9 Å². The lowest BCUT2D eigenvalue weighted by molar-refractivity contribution is 0.0628.